The maximum atomic E-state index is 11.9. The van der Waals surface area contributed by atoms with Crippen molar-refractivity contribution >= 4 is 11.8 Å². The van der Waals surface area contributed by atoms with Gasteiger partial charge in [-0.25, -0.2) is 4.79 Å². The van der Waals surface area contributed by atoms with Gasteiger partial charge in [-0.05, 0) is 38.5 Å². The third kappa shape index (κ3) is 3.69. The Morgan fingerprint density at radius 1 is 1.32 bits per heavy atom. The number of aromatic nitrogens is 2. The first-order valence-electron chi connectivity index (χ1n) is 6.70. The van der Waals surface area contributed by atoms with Crippen LogP contribution >= 0.6 is 0 Å². The highest BCUT2D eigenvalue weighted by atomic mass is 16.6. The average molecular weight is 305 g/mol. The summed E-state index contributed by atoms with van der Waals surface area (Å²) in [6.45, 7) is 5.28. The van der Waals surface area contributed by atoms with Crippen molar-refractivity contribution in [3.05, 3.63) is 24.5 Å². The number of aromatic hydroxyl groups is 1. The molecule has 1 aromatic carbocycles. The van der Waals surface area contributed by atoms with Crippen molar-refractivity contribution in [2.24, 2.45) is 0 Å². The largest absolute Gasteiger partial charge is 0.503 e. The molecule has 2 aromatic rings. The van der Waals surface area contributed by atoms with E-state index in [0.717, 1.165) is 11.1 Å². The van der Waals surface area contributed by atoms with Gasteiger partial charge in [0, 0.05) is 11.8 Å². The number of anilines is 1. The summed E-state index contributed by atoms with van der Waals surface area (Å²) in [5, 5.41) is 19.2. The molecule has 0 saturated carbocycles. The average Bonchev–Trinajstić information content (AvgIpc) is 2.92. The predicted octanol–water partition coefficient (Wildman–Crippen LogP) is 3.14. The summed E-state index contributed by atoms with van der Waals surface area (Å²) in [5.41, 5.74) is 1.09. The molecule has 1 heterocycles. The molecule has 0 aliphatic heterocycles. The molecule has 0 spiro atoms. The number of aromatic amines is 1. The number of methoxy groups -OCH3 is 1. The monoisotopic (exact) mass is 305 g/mol. The van der Waals surface area contributed by atoms with Gasteiger partial charge in [-0.1, -0.05) is 0 Å². The normalized spacial score (nSPS) is 11.1. The van der Waals surface area contributed by atoms with Gasteiger partial charge in [0.05, 0.1) is 19.0 Å². The van der Waals surface area contributed by atoms with Crippen molar-refractivity contribution in [2.75, 3.05) is 12.4 Å². The van der Waals surface area contributed by atoms with E-state index >= 15 is 0 Å². The number of benzene rings is 1. The molecular formula is C15H19N3O4. The van der Waals surface area contributed by atoms with Crippen molar-refractivity contribution < 1.29 is 19.4 Å². The number of rotatable bonds is 3. The smallest absolute Gasteiger partial charge is 0.412 e. The van der Waals surface area contributed by atoms with Crippen LogP contribution in [0.25, 0.3) is 11.1 Å². The third-order valence-electron chi connectivity index (χ3n) is 2.76. The van der Waals surface area contributed by atoms with E-state index in [1.54, 1.807) is 45.3 Å². The zero-order chi connectivity index (χ0) is 16.3. The zero-order valence-corrected chi connectivity index (χ0v) is 12.9. The van der Waals surface area contributed by atoms with Crippen molar-refractivity contribution in [2.45, 2.75) is 26.4 Å². The summed E-state index contributed by atoms with van der Waals surface area (Å²) < 4.78 is 10.3. The number of nitrogens with zero attached hydrogens (tertiary/aromatic N) is 1. The van der Waals surface area contributed by atoms with Gasteiger partial charge in [0.2, 0.25) is 0 Å². The molecule has 0 saturated heterocycles. The molecule has 0 bridgehead atoms. The Bertz CT molecular complexity index is 660. The fourth-order valence-electron chi connectivity index (χ4n) is 1.85. The second-order valence-electron chi connectivity index (χ2n) is 5.69. The number of ether oxygens (including phenoxy) is 2. The number of carbonyl (C=O) groups is 1. The lowest BCUT2D eigenvalue weighted by Gasteiger charge is -2.20. The Labute approximate surface area is 128 Å². The van der Waals surface area contributed by atoms with Gasteiger partial charge >= 0.3 is 6.09 Å². The summed E-state index contributed by atoms with van der Waals surface area (Å²) in [5.74, 6) is 0.0744. The highest BCUT2D eigenvalue weighted by Crippen LogP contribution is 2.38. The lowest BCUT2D eigenvalue weighted by Crippen LogP contribution is -2.27. The van der Waals surface area contributed by atoms with Crippen LogP contribution in [-0.4, -0.2) is 34.1 Å². The van der Waals surface area contributed by atoms with Crippen molar-refractivity contribution in [3.63, 3.8) is 0 Å². The summed E-state index contributed by atoms with van der Waals surface area (Å²) in [7, 11) is 1.44. The van der Waals surface area contributed by atoms with Crippen LogP contribution in [0.4, 0.5) is 10.5 Å². The van der Waals surface area contributed by atoms with Crippen molar-refractivity contribution in [1.29, 1.82) is 0 Å². The molecule has 3 N–H and O–H groups in total. The number of hydrogen-bond donors (Lipinski definition) is 3. The molecule has 0 fully saturated rings. The van der Waals surface area contributed by atoms with Crippen LogP contribution in [0.5, 0.6) is 11.5 Å². The van der Waals surface area contributed by atoms with Gasteiger partial charge in [0.25, 0.3) is 0 Å². The summed E-state index contributed by atoms with van der Waals surface area (Å²) in [4.78, 5) is 11.9. The predicted molar refractivity (Wildman–Crippen MR) is 82.1 cm³/mol. The van der Waals surface area contributed by atoms with E-state index in [4.69, 9.17) is 9.47 Å². The number of amides is 1. The maximum Gasteiger partial charge on any atom is 0.412 e. The lowest BCUT2D eigenvalue weighted by molar-refractivity contribution is 0.0635. The number of phenols is 1. The highest BCUT2D eigenvalue weighted by molar-refractivity contribution is 5.89. The van der Waals surface area contributed by atoms with Gasteiger partial charge < -0.3 is 14.6 Å². The molecule has 0 atom stereocenters. The molecule has 0 radical (unpaired) electrons. The molecule has 22 heavy (non-hydrogen) atoms. The molecule has 0 aliphatic rings. The standard InChI is InChI=1S/C15H19N3O4/c1-15(2,3)22-14(20)18-11-5-9(10-7-16-17-8-10)6-12(21-4)13(11)19/h5-8,19H,1-4H3,(H,16,17)(H,18,20). The SMILES string of the molecule is COc1cc(-c2cn[nH]c2)cc(NC(=O)OC(C)(C)C)c1O. The van der Waals surface area contributed by atoms with Crippen LogP contribution < -0.4 is 10.1 Å². The van der Waals surface area contributed by atoms with Gasteiger partial charge in [-0.2, -0.15) is 5.10 Å². The highest BCUT2D eigenvalue weighted by Gasteiger charge is 2.19. The van der Waals surface area contributed by atoms with E-state index in [2.05, 4.69) is 15.5 Å². The Kier molecular flexibility index (Phi) is 4.25. The second-order valence-corrected chi connectivity index (χ2v) is 5.69. The molecule has 1 amide bonds. The van der Waals surface area contributed by atoms with E-state index in [1.807, 2.05) is 0 Å². The van der Waals surface area contributed by atoms with E-state index in [0.29, 0.717) is 0 Å². The minimum Gasteiger partial charge on any atom is -0.503 e. The van der Waals surface area contributed by atoms with Gasteiger partial charge in [-0.3, -0.25) is 10.4 Å². The molecule has 7 nitrogen and oxygen atoms in total. The summed E-state index contributed by atoms with van der Waals surface area (Å²) >= 11 is 0. The quantitative estimate of drug-likeness (QED) is 0.757. The molecule has 1 aromatic heterocycles. The number of nitrogens with one attached hydrogen (secondary N) is 2. The molecule has 0 aliphatic carbocycles. The topological polar surface area (TPSA) is 96.5 Å². The van der Waals surface area contributed by atoms with E-state index in [-0.39, 0.29) is 17.2 Å². The summed E-state index contributed by atoms with van der Waals surface area (Å²) in [6, 6.07) is 3.27. The van der Waals surface area contributed by atoms with Gasteiger partial charge in [0.1, 0.15) is 5.60 Å². The van der Waals surface area contributed by atoms with Crippen LogP contribution in [0.1, 0.15) is 20.8 Å². The Morgan fingerprint density at radius 2 is 2.05 bits per heavy atom. The second kappa shape index (κ2) is 5.97. The van der Waals surface area contributed by atoms with E-state index in [1.165, 1.54) is 7.11 Å². The Morgan fingerprint density at radius 3 is 2.59 bits per heavy atom. The Hall–Kier alpha value is -2.70. The third-order valence-corrected chi connectivity index (χ3v) is 2.76. The van der Waals surface area contributed by atoms with Crippen LogP contribution in [0, 0.1) is 0 Å². The van der Waals surface area contributed by atoms with Gasteiger partial charge in [-0.15, -0.1) is 0 Å². The number of hydrogen-bond acceptors (Lipinski definition) is 5. The fraction of sp³-hybridized carbons (Fsp3) is 0.333. The maximum absolute atomic E-state index is 11.9. The van der Waals surface area contributed by atoms with E-state index < -0.39 is 11.7 Å². The number of phenolic OH excluding ortho intramolecular Hbond substituents is 1. The lowest BCUT2D eigenvalue weighted by atomic mass is 10.1. The molecular weight excluding hydrogens is 286 g/mol. The Balaban J connectivity index is 2.34. The molecule has 2 rings (SSSR count). The first-order chi connectivity index (χ1) is 10.3. The van der Waals surface area contributed by atoms with Crippen LogP contribution in [-0.2, 0) is 4.74 Å². The van der Waals surface area contributed by atoms with Crippen molar-refractivity contribution in [1.82, 2.24) is 10.2 Å². The zero-order valence-electron chi connectivity index (χ0n) is 12.9. The minimum absolute atomic E-state index is 0.166. The molecule has 0 unspecified atom stereocenters. The minimum atomic E-state index is -0.658. The van der Waals surface area contributed by atoms with Crippen molar-refractivity contribution in [3.8, 4) is 22.6 Å². The van der Waals surface area contributed by atoms with E-state index in [9.17, 15) is 9.90 Å². The fourth-order valence-corrected chi connectivity index (χ4v) is 1.85. The first-order valence-corrected chi connectivity index (χ1v) is 6.70. The van der Waals surface area contributed by atoms with Crippen LogP contribution in [0.15, 0.2) is 24.5 Å². The molecule has 7 heteroatoms. The van der Waals surface area contributed by atoms with Gasteiger partial charge in [0.15, 0.2) is 11.5 Å². The number of H-pyrrole nitrogens is 1. The van der Waals surface area contributed by atoms with Crippen LogP contribution in [0.3, 0.4) is 0 Å². The first kappa shape index (κ1) is 15.7. The van der Waals surface area contributed by atoms with Crippen LogP contribution in [0.2, 0.25) is 0 Å². The molecule has 118 valence electrons. The summed E-state index contributed by atoms with van der Waals surface area (Å²) in [6.07, 6.45) is 2.67. The number of carbonyl (C=O) groups excluding carboxylic acids is 1.